The highest BCUT2D eigenvalue weighted by Crippen LogP contribution is 2.15. The van der Waals surface area contributed by atoms with Gasteiger partial charge in [0.25, 0.3) is 5.78 Å². The maximum absolute atomic E-state index is 11.6. The van der Waals surface area contributed by atoms with E-state index < -0.39 is 17.9 Å². The van der Waals surface area contributed by atoms with Crippen molar-refractivity contribution in [3.8, 4) is 0 Å². The Hall–Kier alpha value is -1.79. The molecule has 0 amide bonds. The Balaban J connectivity index is 3.97. The van der Waals surface area contributed by atoms with Crippen molar-refractivity contribution in [3.63, 3.8) is 0 Å². The van der Waals surface area contributed by atoms with E-state index in [1.165, 1.54) is 0 Å². The molecule has 0 saturated heterocycles. The summed E-state index contributed by atoms with van der Waals surface area (Å²) in [5.41, 5.74) is 0. The van der Waals surface area contributed by atoms with E-state index in [9.17, 15) is 22.8 Å². The van der Waals surface area contributed by atoms with Crippen molar-refractivity contribution in [3.05, 3.63) is 24.6 Å². The van der Waals surface area contributed by atoms with Crippen LogP contribution in [0.1, 0.15) is 0 Å². The van der Waals surface area contributed by atoms with E-state index in [-0.39, 0.29) is 0 Å². The van der Waals surface area contributed by atoms with E-state index in [0.29, 0.717) is 6.08 Å². The van der Waals surface area contributed by atoms with Crippen molar-refractivity contribution in [1.82, 2.24) is 5.32 Å². The Morgan fingerprint density at radius 3 is 2.20 bits per heavy atom. The average Bonchev–Trinajstić information content (AvgIpc) is 2.15. The van der Waals surface area contributed by atoms with Gasteiger partial charge in [0.15, 0.2) is 0 Å². The first-order chi connectivity index (χ1) is 6.88. The predicted octanol–water partition coefficient (Wildman–Crippen LogP) is 0.908. The number of hydrogen-bond donors (Lipinski definition) is 1. The number of hydrogen-bond acceptors (Lipinski definition) is 4. The second kappa shape index (κ2) is 5.84. The number of carbonyl (C=O) groups is 2. The van der Waals surface area contributed by atoms with Gasteiger partial charge in [0.1, 0.15) is 0 Å². The zero-order valence-corrected chi connectivity index (χ0v) is 7.67. The van der Waals surface area contributed by atoms with Crippen LogP contribution in [-0.4, -0.2) is 25.0 Å². The molecule has 0 radical (unpaired) electrons. The Morgan fingerprint density at radius 2 is 1.73 bits per heavy atom. The molecular weight excluding hydrogens is 215 g/mol. The lowest BCUT2D eigenvalue weighted by Gasteiger charge is -1.98. The van der Waals surface area contributed by atoms with Gasteiger partial charge in [-0.15, -0.1) is 0 Å². The van der Waals surface area contributed by atoms with E-state index >= 15 is 0 Å². The van der Waals surface area contributed by atoms with E-state index in [0.717, 1.165) is 25.6 Å². The molecule has 0 atom stereocenters. The molecule has 15 heavy (non-hydrogen) atoms. The quantitative estimate of drug-likeness (QED) is 0.568. The maximum atomic E-state index is 11.6. The number of allylic oxidation sites excluding steroid dienone is 1. The van der Waals surface area contributed by atoms with Crippen molar-refractivity contribution in [1.29, 1.82) is 0 Å². The zero-order valence-electron chi connectivity index (χ0n) is 7.67. The summed E-state index contributed by atoms with van der Waals surface area (Å²) in [5, 5.41) is 2.17. The molecule has 0 aromatic heterocycles. The molecule has 0 bridgehead atoms. The second-order valence-corrected chi connectivity index (χ2v) is 2.22. The molecule has 4 nitrogen and oxygen atoms in total. The topological polar surface area (TPSA) is 55.4 Å². The van der Waals surface area contributed by atoms with Crippen LogP contribution in [0.25, 0.3) is 0 Å². The van der Waals surface area contributed by atoms with Crippen molar-refractivity contribution in [2.24, 2.45) is 0 Å². The smallest absolute Gasteiger partial charge is 0.454 e. The summed E-state index contributed by atoms with van der Waals surface area (Å²) >= 11 is 0. The first-order valence-corrected chi connectivity index (χ1v) is 3.66. The van der Waals surface area contributed by atoms with E-state index in [1.807, 2.05) is 0 Å². The minimum Gasteiger partial charge on any atom is -0.466 e. The summed E-state index contributed by atoms with van der Waals surface area (Å²) in [7, 11) is 1.15. The highest BCUT2D eigenvalue weighted by molar-refractivity contribution is 5.94. The van der Waals surface area contributed by atoms with Crippen molar-refractivity contribution in [2.75, 3.05) is 7.11 Å². The van der Waals surface area contributed by atoms with Crippen LogP contribution in [0.5, 0.6) is 0 Å². The average molecular weight is 223 g/mol. The van der Waals surface area contributed by atoms with Crippen LogP contribution in [0.4, 0.5) is 13.2 Å². The van der Waals surface area contributed by atoms with Gasteiger partial charge < -0.3 is 10.1 Å². The van der Waals surface area contributed by atoms with Crippen LogP contribution < -0.4 is 5.32 Å². The molecule has 0 aromatic carbocycles. The number of ether oxygens (including phenoxy) is 1. The number of alkyl halides is 3. The lowest BCUT2D eigenvalue weighted by Crippen LogP contribution is -2.20. The Kier molecular flexibility index (Phi) is 5.14. The number of rotatable bonds is 4. The molecule has 84 valence electrons. The van der Waals surface area contributed by atoms with Crippen LogP contribution in [0.2, 0.25) is 0 Å². The molecule has 0 aliphatic heterocycles. The van der Waals surface area contributed by atoms with Crippen molar-refractivity contribution >= 4 is 11.8 Å². The van der Waals surface area contributed by atoms with E-state index in [2.05, 4.69) is 10.1 Å². The number of ketones is 1. The van der Waals surface area contributed by atoms with Gasteiger partial charge in [-0.25, -0.2) is 4.79 Å². The van der Waals surface area contributed by atoms with Gasteiger partial charge in [0, 0.05) is 24.6 Å². The number of carbonyl (C=O) groups excluding carboxylic acids is 2. The van der Waals surface area contributed by atoms with E-state index in [4.69, 9.17) is 0 Å². The monoisotopic (exact) mass is 223 g/mol. The minimum absolute atomic E-state index is 0.307. The van der Waals surface area contributed by atoms with Gasteiger partial charge >= 0.3 is 12.1 Å². The minimum atomic E-state index is -4.88. The summed E-state index contributed by atoms with van der Waals surface area (Å²) in [6, 6.07) is 0. The van der Waals surface area contributed by atoms with Crippen LogP contribution in [0, 0.1) is 0 Å². The summed E-state index contributed by atoms with van der Waals surface area (Å²) in [4.78, 5) is 20.7. The molecule has 7 heteroatoms. The molecule has 0 rings (SSSR count). The van der Waals surface area contributed by atoms with Crippen molar-refractivity contribution < 1.29 is 27.5 Å². The molecular formula is C8H8F3NO3. The molecule has 0 aromatic rings. The predicted molar refractivity (Wildman–Crippen MR) is 44.5 cm³/mol. The second-order valence-electron chi connectivity index (χ2n) is 2.22. The molecule has 0 aliphatic rings. The Labute approximate surface area is 83.4 Å². The third-order valence-electron chi connectivity index (χ3n) is 1.13. The normalized spacial score (nSPS) is 12.0. The summed E-state index contributed by atoms with van der Waals surface area (Å²) in [6.07, 6.45) is -1.84. The Bertz CT molecular complexity index is 294. The summed E-state index contributed by atoms with van der Waals surface area (Å²) in [5.74, 6) is -2.65. The number of halogens is 3. The van der Waals surface area contributed by atoms with Gasteiger partial charge in [-0.3, -0.25) is 4.79 Å². The van der Waals surface area contributed by atoms with Crippen LogP contribution in [0.3, 0.4) is 0 Å². The highest BCUT2D eigenvalue weighted by Gasteiger charge is 2.35. The third-order valence-corrected chi connectivity index (χ3v) is 1.13. The molecule has 0 aliphatic carbocycles. The summed E-state index contributed by atoms with van der Waals surface area (Å²) < 4.78 is 39.1. The van der Waals surface area contributed by atoms with Crippen molar-refractivity contribution in [2.45, 2.75) is 6.18 Å². The van der Waals surface area contributed by atoms with E-state index in [1.54, 1.807) is 0 Å². The first-order valence-electron chi connectivity index (χ1n) is 3.66. The van der Waals surface area contributed by atoms with Gasteiger partial charge in [-0.2, -0.15) is 13.2 Å². The fourth-order valence-electron chi connectivity index (χ4n) is 0.458. The number of nitrogens with one attached hydrogen (secondary N) is 1. The highest BCUT2D eigenvalue weighted by atomic mass is 19.4. The van der Waals surface area contributed by atoms with Gasteiger partial charge in [-0.1, -0.05) is 0 Å². The number of esters is 1. The van der Waals surface area contributed by atoms with Crippen LogP contribution in [0.15, 0.2) is 24.6 Å². The molecule has 0 unspecified atom stereocenters. The van der Waals surface area contributed by atoms with Gasteiger partial charge in [-0.05, 0) is 0 Å². The third kappa shape index (κ3) is 6.30. The standard InChI is InChI=1S/C8H8F3NO3/c1-15-7(14)3-5-12-4-2-6(13)8(9,10)11/h2-5,12H,1H3/b4-2+,5-3+. The van der Waals surface area contributed by atoms with Gasteiger partial charge in [0.05, 0.1) is 7.11 Å². The van der Waals surface area contributed by atoms with Crippen LogP contribution in [-0.2, 0) is 14.3 Å². The fraction of sp³-hybridized carbons (Fsp3) is 0.250. The largest absolute Gasteiger partial charge is 0.466 e. The first kappa shape index (κ1) is 13.2. The lowest BCUT2D eigenvalue weighted by atomic mass is 10.4. The SMILES string of the molecule is COC(=O)/C=C/N/C=C/C(=O)C(F)(F)F. The Morgan fingerprint density at radius 1 is 1.20 bits per heavy atom. The molecule has 0 spiro atoms. The lowest BCUT2D eigenvalue weighted by molar-refractivity contribution is -0.165. The van der Waals surface area contributed by atoms with Gasteiger partial charge in [0.2, 0.25) is 0 Å². The maximum Gasteiger partial charge on any atom is 0.454 e. The fourth-order valence-corrected chi connectivity index (χ4v) is 0.458. The van der Waals surface area contributed by atoms with Crippen LogP contribution >= 0.6 is 0 Å². The zero-order chi connectivity index (χ0) is 11.9. The summed E-state index contributed by atoms with van der Waals surface area (Å²) in [6.45, 7) is 0. The number of methoxy groups -OCH3 is 1. The molecule has 0 heterocycles. The molecule has 1 N–H and O–H groups in total. The molecule has 0 fully saturated rings. The molecule has 0 saturated carbocycles.